The van der Waals surface area contributed by atoms with Gasteiger partial charge in [0.1, 0.15) is 6.29 Å². The van der Waals surface area contributed by atoms with Crippen LogP contribution in [0.1, 0.15) is 23.7 Å². The Balaban J connectivity index is 2.91. The molecule has 3 nitrogen and oxygen atoms in total. The van der Waals surface area contributed by atoms with Crippen molar-refractivity contribution < 1.29 is 14.3 Å². The third kappa shape index (κ3) is 3.49. The van der Waals surface area contributed by atoms with E-state index in [4.69, 9.17) is 4.74 Å². The molecule has 92 valence electrons. The van der Waals surface area contributed by atoms with Crippen molar-refractivity contribution in [3.63, 3.8) is 0 Å². The van der Waals surface area contributed by atoms with Crippen LogP contribution in [0.5, 0.6) is 0 Å². The molecule has 0 aromatic heterocycles. The van der Waals surface area contributed by atoms with E-state index in [1.807, 2.05) is 25.1 Å². The Morgan fingerprint density at radius 1 is 1.35 bits per heavy atom. The molecular weight excluding hydrogens is 216 g/mol. The van der Waals surface area contributed by atoms with Crippen LogP contribution in [0.3, 0.4) is 0 Å². The van der Waals surface area contributed by atoms with Gasteiger partial charge in [-0.1, -0.05) is 37.3 Å². The second-order valence-electron chi connectivity index (χ2n) is 4.00. The summed E-state index contributed by atoms with van der Waals surface area (Å²) in [5.74, 6) is -0.682. The minimum absolute atomic E-state index is 0.0219. The first kappa shape index (κ1) is 13.6. The third-order valence-corrected chi connectivity index (χ3v) is 2.90. The van der Waals surface area contributed by atoms with Crippen molar-refractivity contribution in [1.29, 1.82) is 0 Å². The highest BCUT2D eigenvalue weighted by Gasteiger charge is 2.27. The molecule has 1 aromatic rings. The van der Waals surface area contributed by atoms with Crippen LogP contribution in [0.2, 0.25) is 0 Å². The number of Topliss-reactive ketones (excluding diaryl/α,β-unsaturated/α-hetero) is 1. The quantitative estimate of drug-likeness (QED) is 0.537. The molecule has 0 saturated heterocycles. The first-order valence-corrected chi connectivity index (χ1v) is 5.78. The van der Waals surface area contributed by atoms with Crippen molar-refractivity contribution in [3.05, 3.63) is 35.9 Å². The van der Waals surface area contributed by atoms with Crippen molar-refractivity contribution in [3.8, 4) is 0 Å². The monoisotopic (exact) mass is 234 g/mol. The molecule has 0 aliphatic carbocycles. The maximum atomic E-state index is 12.3. The molecule has 0 spiro atoms. The second kappa shape index (κ2) is 6.97. The lowest BCUT2D eigenvalue weighted by Crippen LogP contribution is -2.28. The van der Waals surface area contributed by atoms with Crippen molar-refractivity contribution >= 4 is 12.1 Å². The van der Waals surface area contributed by atoms with Gasteiger partial charge in [0, 0.05) is 18.6 Å². The highest BCUT2D eigenvalue weighted by Crippen LogP contribution is 2.19. The average molecular weight is 234 g/mol. The summed E-state index contributed by atoms with van der Waals surface area (Å²) in [6, 6.07) is 9.03. The number of methoxy groups -OCH3 is 1. The van der Waals surface area contributed by atoms with Gasteiger partial charge in [0.25, 0.3) is 0 Å². The summed E-state index contributed by atoms with van der Waals surface area (Å²) in [4.78, 5) is 23.2. The van der Waals surface area contributed by atoms with Crippen molar-refractivity contribution in [2.24, 2.45) is 11.8 Å². The zero-order valence-electron chi connectivity index (χ0n) is 10.3. The molecule has 17 heavy (non-hydrogen) atoms. The SMILES string of the molecule is CCC(C=O)C(COC)C(=O)c1ccccc1. The summed E-state index contributed by atoms with van der Waals surface area (Å²) in [6.45, 7) is 2.19. The number of rotatable bonds is 7. The molecular formula is C14H18O3. The molecule has 0 aliphatic rings. The average Bonchev–Trinajstić information content (AvgIpc) is 2.39. The smallest absolute Gasteiger partial charge is 0.168 e. The summed E-state index contributed by atoms with van der Waals surface area (Å²) in [7, 11) is 1.54. The van der Waals surface area contributed by atoms with Gasteiger partial charge in [-0.2, -0.15) is 0 Å². The standard InChI is InChI=1S/C14H18O3/c1-3-11(9-15)13(10-17-2)14(16)12-7-5-4-6-8-12/h4-9,11,13H,3,10H2,1-2H3. The van der Waals surface area contributed by atoms with Gasteiger partial charge in [0.2, 0.25) is 0 Å². The van der Waals surface area contributed by atoms with E-state index in [1.165, 1.54) is 0 Å². The number of ether oxygens (including phenoxy) is 1. The fourth-order valence-electron chi connectivity index (χ4n) is 1.87. The predicted molar refractivity (Wildman–Crippen MR) is 66.0 cm³/mol. The van der Waals surface area contributed by atoms with Crippen molar-refractivity contribution in [2.75, 3.05) is 13.7 Å². The van der Waals surface area contributed by atoms with Gasteiger partial charge >= 0.3 is 0 Å². The largest absolute Gasteiger partial charge is 0.384 e. The highest BCUT2D eigenvalue weighted by atomic mass is 16.5. The van der Waals surface area contributed by atoms with E-state index in [9.17, 15) is 9.59 Å². The zero-order valence-corrected chi connectivity index (χ0v) is 10.3. The number of carbonyl (C=O) groups excluding carboxylic acids is 2. The number of benzene rings is 1. The molecule has 0 fully saturated rings. The van der Waals surface area contributed by atoms with Crippen LogP contribution in [0.25, 0.3) is 0 Å². The molecule has 2 unspecified atom stereocenters. The van der Waals surface area contributed by atoms with Crippen LogP contribution in [0, 0.1) is 11.8 Å². The van der Waals surface area contributed by atoms with Crippen LogP contribution in [0.15, 0.2) is 30.3 Å². The lowest BCUT2D eigenvalue weighted by atomic mass is 9.85. The van der Waals surface area contributed by atoms with Crippen LogP contribution in [-0.2, 0) is 9.53 Å². The van der Waals surface area contributed by atoms with Gasteiger partial charge in [-0.15, -0.1) is 0 Å². The maximum Gasteiger partial charge on any atom is 0.168 e. The fourth-order valence-corrected chi connectivity index (χ4v) is 1.87. The molecule has 0 bridgehead atoms. The topological polar surface area (TPSA) is 43.4 Å². The van der Waals surface area contributed by atoms with E-state index < -0.39 is 0 Å². The van der Waals surface area contributed by atoms with Crippen LogP contribution in [0.4, 0.5) is 0 Å². The minimum atomic E-state index is -0.384. The van der Waals surface area contributed by atoms with Gasteiger partial charge in [0.15, 0.2) is 5.78 Å². The number of ketones is 1. The summed E-state index contributed by atoms with van der Waals surface area (Å²) >= 11 is 0. The Bertz CT molecular complexity index is 359. The van der Waals surface area contributed by atoms with Gasteiger partial charge in [-0.05, 0) is 6.42 Å². The van der Waals surface area contributed by atoms with Crippen LogP contribution in [-0.4, -0.2) is 25.8 Å². The molecule has 0 radical (unpaired) electrons. The molecule has 1 aromatic carbocycles. The molecule has 1 rings (SSSR count). The number of hydrogen-bond donors (Lipinski definition) is 0. The Kier molecular flexibility index (Phi) is 5.57. The zero-order chi connectivity index (χ0) is 12.7. The molecule has 3 heteroatoms. The van der Waals surface area contributed by atoms with Gasteiger partial charge < -0.3 is 9.53 Å². The van der Waals surface area contributed by atoms with E-state index in [1.54, 1.807) is 19.2 Å². The first-order chi connectivity index (χ1) is 8.24. The highest BCUT2D eigenvalue weighted by molar-refractivity contribution is 5.99. The van der Waals surface area contributed by atoms with Gasteiger partial charge in [0.05, 0.1) is 12.5 Å². The van der Waals surface area contributed by atoms with Crippen molar-refractivity contribution in [1.82, 2.24) is 0 Å². The third-order valence-electron chi connectivity index (χ3n) is 2.90. The fraction of sp³-hybridized carbons (Fsp3) is 0.429. The molecule has 0 N–H and O–H groups in total. The molecule has 0 heterocycles. The summed E-state index contributed by atoms with van der Waals surface area (Å²) in [5.41, 5.74) is 0.634. The maximum absolute atomic E-state index is 12.3. The summed E-state index contributed by atoms with van der Waals surface area (Å²) in [5, 5.41) is 0. The van der Waals surface area contributed by atoms with E-state index in [0.717, 1.165) is 6.29 Å². The van der Waals surface area contributed by atoms with E-state index >= 15 is 0 Å². The molecule has 0 saturated carbocycles. The van der Waals surface area contributed by atoms with Crippen molar-refractivity contribution in [2.45, 2.75) is 13.3 Å². The van der Waals surface area contributed by atoms with Gasteiger partial charge in [-0.3, -0.25) is 4.79 Å². The minimum Gasteiger partial charge on any atom is -0.384 e. The van der Waals surface area contributed by atoms with E-state index in [-0.39, 0.29) is 24.2 Å². The predicted octanol–water partition coefficient (Wildman–Crippen LogP) is 2.36. The van der Waals surface area contributed by atoms with E-state index in [2.05, 4.69) is 0 Å². The normalized spacial score (nSPS) is 14.0. The summed E-state index contributed by atoms with van der Waals surface area (Å²) < 4.78 is 5.05. The lowest BCUT2D eigenvalue weighted by Gasteiger charge is -2.19. The second-order valence-corrected chi connectivity index (χ2v) is 4.00. The number of hydrogen-bond acceptors (Lipinski definition) is 3. The summed E-state index contributed by atoms with van der Waals surface area (Å²) in [6.07, 6.45) is 1.50. The van der Waals surface area contributed by atoms with Crippen LogP contribution >= 0.6 is 0 Å². The number of carbonyl (C=O) groups is 2. The molecule has 0 amide bonds. The van der Waals surface area contributed by atoms with Gasteiger partial charge in [-0.25, -0.2) is 0 Å². The first-order valence-electron chi connectivity index (χ1n) is 5.78. The van der Waals surface area contributed by atoms with E-state index in [0.29, 0.717) is 12.0 Å². The Morgan fingerprint density at radius 2 is 2.00 bits per heavy atom. The number of aldehydes is 1. The Hall–Kier alpha value is -1.48. The van der Waals surface area contributed by atoms with Crippen LogP contribution < -0.4 is 0 Å². The Morgan fingerprint density at radius 3 is 2.47 bits per heavy atom. The molecule has 0 aliphatic heterocycles. The lowest BCUT2D eigenvalue weighted by molar-refractivity contribution is -0.112. The molecule has 2 atom stereocenters. The Labute approximate surface area is 102 Å².